The lowest BCUT2D eigenvalue weighted by molar-refractivity contribution is 0.222. The Kier molecular flexibility index (Phi) is 3.78. The highest BCUT2D eigenvalue weighted by atomic mass is 16.5. The summed E-state index contributed by atoms with van der Waals surface area (Å²) in [7, 11) is 1.80. The second-order valence-corrected chi connectivity index (χ2v) is 5.99. The highest BCUT2D eigenvalue weighted by molar-refractivity contribution is 5.39. The normalized spacial score (nSPS) is 17.9. The van der Waals surface area contributed by atoms with E-state index in [2.05, 4.69) is 39.0 Å². The number of hydrogen-bond acceptors (Lipinski definition) is 6. The van der Waals surface area contributed by atoms with E-state index < -0.39 is 0 Å². The molecule has 0 radical (unpaired) electrons. The summed E-state index contributed by atoms with van der Waals surface area (Å²) in [6.07, 6.45) is 1.20. The summed E-state index contributed by atoms with van der Waals surface area (Å²) in [4.78, 5) is 15.2. The lowest BCUT2D eigenvalue weighted by atomic mass is 9.93. The molecule has 2 rings (SSSR count). The minimum absolute atomic E-state index is 0.0509. The monoisotopic (exact) mass is 265 g/mol. The number of aromatic nitrogens is 3. The van der Waals surface area contributed by atoms with Gasteiger partial charge < -0.3 is 15.0 Å². The predicted octanol–water partition coefficient (Wildman–Crippen LogP) is 1.94. The van der Waals surface area contributed by atoms with E-state index in [1.165, 1.54) is 0 Å². The van der Waals surface area contributed by atoms with Gasteiger partial charge in [-0.3, -0.25) is 0 Å². The molecule has 1 aromatic heterocycles. The molecule has 6 heteroatoms. The molecule has 1 aliphatic rings. The number of hydrogen-bond donors (Lipinski definition) is 1. The minimum atomic E-state index is 0.0509. The van der Waals surface area contributed by atoms with Crippen LogP contribution in [0.3, 0.4) is 0 Å². The van der Waals surface area contributed by atoms with Crippen LogP contribution in [-0.2, 0) is 0 Å². The van der Waals surface area contributed by atoms with E-state index in [1.54, 1.807) is 7.05 Å². The van der Waals surface area contributed by atoms with Crippen LogP contribution in [0.1, 0.15) is 34.1 Å². The average Bonchev–Trinajstić information content (AvgIpc) is 2.68. The Bertz CT molecular complexity index is 447. The van der Waals surface area contributed by atoms with Crippen molar-refractivity contribution in [1.82, 2.24) is 15.0 Å². The summed E-state index contributed by atoms with van der Waals surface area (Å²) in [5.41, 5.74) is 0.311. The molecule has 0 atom stereocenters. The Labute approximate surface area is 114 Å². The van der Waals surface area contributed by atoms with Gasteiger partial charge in [0, 0.05) is 20.1 Å². The first-order valence-electron chi connectivity index (χ1n) is 6.75. The largest absolute Gasteiger partial charge is 0.461 e. The van der Waals surface area contributed by atoms with Crippen LogP contribution in [0.2, 0.25) is 0 Å². The number of anilines is 2. The van der Waals surface area contributed by atoms with Crippen LogP contribution in [0, 0.1) is 5.41 Å². The first kappa shape index (κ1) is 13.8. The Balaban J connectivity index is 2.24. The number of rotatable bonds is 4. The predicted molar refractivity (Wildman–Crippen MR) is 75.7 cm³/mol. The minimum Gasteiger partial charge on any atom is -0.461 e. The van der Waals surface area contributed by atoms with E-state index in [9.17, 15) is 0 Å². The fourth-order valence-electron chi connectivity index (χ4n) is 2.15. The van der Waals surface area contributed by atoms with Crippen LogP contribution in [-0.4, -0.2) is 41.2 Å². The van der Waals surface area contributed by atoms with Crippen molar-refractivity contribution in [2.45, 2.75) is 40.2 Å². The summed E-state index contributed by atoms with van der Waals surface area (Å²) in [5.74, 6) is 1.24. The van der Waals surface area contributed by atoms with Crippen LogP contribution in [0.15, 0.2) is 0 Å². The Hall–Kier alpha value is -1.59. The lowest BCUT2D eigenvalue weighted by Crippen LogP contribution is -2.25. The van der Waals surface area contributed by atoms with Crippen LogP contribution >= 0.6 is 0 Å². The first-order valence-corrected chi connectivity index (χ1v) is 6.75. The van der Waals surface area contributed by atoms with Gasteiger partial charge >= 0.3 is 6.01 Å². The summed E-state index contributed by atoms with van der Waals surface area (Å²) < 4.78 is 5.58. The van der Waals surface area contributed by atoms with Gasteiger partial charge in [-0.05, 0) is 25.7 Å². The topological polar surface area (TPSA) is 63.2 Å². The van der Waals surface area contributed by atoms with Gasteiger partial charge in [0.2, 0.25) is 11.9 Å². The van der Waals surface area contributed by atoms with Crippen molar-refractivity contribution in [1.29, 1.82) is 0 Å². The van der Waals surface area contributed by atoms with Crippen LogP contribution < -0.4 is 15.0 Å². The second kappa shape index (κ2) is 5.19. The third kappa shape index (κ3) is 3.45. The van der Waals surface area contributed by atoms with Gasteiger partial charge in [-0.25, -0.2) is 0 Å². The lowest BCUT2D eigenvalue weighted by Gasteiger charge is -2.20. The Morgan fingerprint density at radius 1 is 1.26 bits per heavy atom. The molecular formula is C13H23N5O. The number of nitrogens with one attached hydrogen (secondary N) is 1. The molecule has 19 heavy (non-hydrogen) atoms. The summed E-state index contributed by atoms with van der Waals surface area (Å²) in [6.45, 7) is 10.4. The molecule has 1 aromatic rings. The van der Waals surface area contributed by atoms with E-state index >= 15 is 0 Å². The molecule has 0 saturated carbocycles. The standard InChI is InChI=1S/C13H23N5O/c1-9(2)19-12-16-10(14-5)15-11(17-12)18-7-6-13(3,4)8-18/h9H,6-8H2,1-5H3,(H,14,15,16,17). The average molecular weight is 265 g/mol. The van der Waals surface area contributed by atoms with E-state index in [1.807, 2.05) is 13.8 Å². The molecule has 106 valence electrons. The fourth-order valence-corrected chi connectivity index (χ4v) is 2.15. The van der Waals surface area contributed by atoms with Gasteiger partial charge in [0.1, 0.15) is 0 Å². The van der Waals surface area contributed by atoms with Crippen molar-refractivity contribution in [2.75, 3.05) is 30.4 Å². The quantitative estimate of drug-likeness (QED) is 0.897. The van der Waals surface area contributed by atoms with Crippen molar-refractivity contribution in [2.24, 2.45) is 5.41 Å². The molecule has 0 amide bonds. The van der Waals surface area contributed by atoms with Crippen molar-refractivity contribution in [3.05, 3.63) is 0 Å². The van der Waals surface area contributed by atoms with Gasteiger partial charge in [0.05, 0.1) is 6.10 Å². The fraction of sp³-hybridized carbons (Fsp3) is 0.769. The van der Waals surface area contributed by atoms with Crippen molar-refractivity contribution < 1.29 is 4.74 Å². The molecular weight excluding hydrogens is 242 g/mol. The molecule has 0 bridgehead atoms. The zero-order chi connectivity index (χ0) is 14.0. The van der Waals surface area contributed by atoms with E-state index in [4.69, 9.17) is 4.74 Å². The third-order valence-electron chi connectivity index (χ3n) is 3.13. The van der Waals surface area contributed by atoms with Crippen LogP contribution in [0.4, 0.5) is 11.9 Å². The molecule has 1 aliphatic heterocycles. The Morgan fingerprint density at radius 3 is 2.53 bits per heavy atom. The second-order valence-electron chi connectivity index (χ2n) is 5.99. The molecule has 0 unspecified atom stereocenters. The van der Waals surface area contributed by atoms with Crippen molar-refractivity contribution >= 4 is 11.9 Å². The van der Waals surface area contributed by atoms with Crippen LogP contribution in [0.25, 0.3) is 0 Å². The van der Waals surface area contributed by atoms with Gasteiger partial charge in [-0.15, -0.1) is 0 Å². The maximum absolute atomic E-state index is 5.58. The highest BCUT2D eigenvalue weighted by Crippen LogP contribution is 2.31. The van der Waals surface area contributed by atoms with Crippen molar-refractivity contribution in [3.63, 3.8) is 0 Å². The van der Waals surface area contributed by atoms with E-state index in [0.717, 1.165) is 19.5 Å². The van der Waals surface area contributed by atoms with E-state index in [-0.39, 0.29) is 6.10 Å². The summed E-state index contributed by atoms with van der Waals surface area (Å²) >= 11 is 0. The maximum atomic E-state index is 5.58. The summed E-state index contributed by atoms with van der Waals surface area (Å²) in [6, 6.07) is 0.383. The molecule has 0 aliphatic carbocycles. The van der Waals surface area contributed by atoms with E-state index in [0.29, 0.717) is 23.3 Å². The maximum Gasteiger partial charge on any atom is 0.323 e. The summed E-state index contributed by atoms with van der Waals surface area (Å²) in [5, 5.41) is 2.96. The molecule has 1 N–H and O–H groups in total. The first-order chi connectivity index (χ1) is 8.89. The van der Waals surface area contributed by atoms with Crippen molar-refractivity contribution in [3.8, 4) is 6.01 Å². The SMILES string of the molecule is CNc1nc(OC(C)C)nc(N2CCC(C)(C)C2)n1. The number of nitrogens with zero attached hydrogens (tertiary/aromatic N) is 4. The van der Waals surface area contributed by atoms with Gasteiger partial charge in [-0.1, -0.05) is 13.8 Å². The van der Waals surface area contributed by atoms with Gasteiger partial charge in [0.25, 0.3) is 0 Å². The molecule has 6 nitrogen and oxygen atoms in total. The Morgan fingerprint density at radius 2 is 2.00 bits per heavy atom. The van der Waals surface area contributed by atoms with Crippen LogP contribution in [0.5, 0.6) is 6.01 Å². The third-order valence-corrected chi connectivity index (χ3v) is 3.13. The highest BCUT2D eigenvalue weighted by Gasteiger charge is 2.31. The molecule has 0 spiro atoms. The smallest absolute Gasteiger partial charge is 0.323 e. The number of ether oxygens (including phenoxy) is 1. The zero-order valence-electron chi connectivity index (χ0n) is 12.4. The molecule has 1 saturated heterocycles. The molecule has 0 aromatic carbocycles. The molecule has 1 fully saturated rings. The molecule has 2 heterocycles. The zero-order valence-corrected chi connectivity index (χ0v) is 12.4. The van der Waals surface area contributed by atoms with Gasteiger partial charge in [-0.2, -0.15) is 15.0 Å². The van der Waals surface area contributed by atoms with Gasteiger partial charge in [0.15, 0.2) is 0 Å².